The molecule has 0 atom stereocenters. The van der Waals surface area contributed by atoms with Crippen LogP contribution < -0.4 is 0 Å². The molecule has 0 aliphatic heterocycles. The molecule has 1 aromatic rings. The van der Waals surface area contributed by atoms with E-state index in [-0.39, 0.29) is 0 Å². The van der Waals surface area contributed by atoms with E-state index in [4.69, 9.17) is 0 Å². The summed E-state index contributed by atoms with van der Waals surface area (Å²) in [6, 6.07) is 0. The number of thioether (sulfide) groups is 1. The second-order valence-corrected chi connectivity index (χ2v) is 5.97. The van der Waals surface area contributed by atoms with Gasteiger partial charge in [-0.3, -0.25) is 0 Å². The van der Waals surface area contributed by atoms with E-state index >= 15 is 0 Å². The normalized spacial score (nSPS) is 22.5. The first-order valence-electron chi connectivity index (χ1n) is 5.90. The monoisotopic (exact) mass is 223 g/mol. The van der Waals surface area contributed by atoms with Crippen LogP contribution in [0.5, 0.6) is 0 Å². The molecule has 2 aliphatic carbocycles. The van der Waals surface area contributed by atoms with Gasteiger partial charge < -0.3 is 4.57 Å². The Labute approximate surface area is 94.7 Å². The Bertz CT molecular complexity index is 351. The van der Waals surface area contributed by atoms with Crippen molar-refractivity contribution in [1.29, 1.82) is 0 Å². The Hall–Kier alpha value is -0.510. The fourth-order valence-corrected chi connectivity index (χ4v) is 3.49. The van der Waals surface area contributed by atoms with Gasteiger partial charge in [-0.05, 0) is 25.7 Å². The lowest BCUT2D eigenvalue weighted by Gasteiger charge is -2.07. The number of nitrogens with zero attached hydrogens (tertiary/aromatic N) is 3. The Balaban J connectivity index is 1.73. The lowest BCUT2D eigenvalue weighted by molar-refractivity contribution is 0.732. The highest BCUT2D eigenvalue weighted by Gasteiger charge is 2.30. The molecule has 1 heterocycles. The SMILES string of the molecule is Cn1c(SC2CCCC2)nnc1C1CC1. The minimum Gasteiger partial charge on any atom is -0.309 e. The molecule has 0 N–H and O–H groups in total. The van der Waals surface area contributed by atoms with Crippen LogP contribution in [0, 0.1) is 0 Å². The second kappa shape index (κ2) is 3.81. The number of aromatic nitrogens is 3. The Kier molecular flexibility index (Phi) is 2.47. The first-order chi connectivity index (χ1) is 7.34. The van der Waals surface area contributed by atoms with Crippen molar-refractivity contribution >= 4 is 11.8 Å². The van der Waals surface area contributed by atoms with Crippen molar-refractivity contribution in [2.75, 3.05) is 0 Å². The van der Waals surface area contributed by atoms with Crippen LogP contribution in [0.15, 0.2) is 5.16 Å². The molecule has 0 unspecified atom stereocenters. The summed E-state index contributed by atoms with van der Waals surface area (Å²) >= 11 is 1.93. The summed E-state index contributed by atoms with van der Waals surface area (Å²) in [5.74, 6) is 1.91. The van der Waals surface area contributed by atoms with Crippen LogP contribution in [0.1, 0.15) is 50.3 Å². The summed E-state index contributed by atoms with van der Waals surface area (Å²) in [6.07, 6.45) is 8.11. The third-order valence-corrected chi connectivity index (χ3v) is 4.76. The highest BCUT2D eigenvalue weighted by atomic mass is 32.2. The molecular formula is C11H17N3S. The zero-order chi connectivity index (χ0) is 10.3. The van der Waals surface area contributed by atoms with E-state index in [0.717, 1.165) is 10.4 Å². The van der Waals surface area contributed by atoms with E-state index in [1.165, 1.54) is 44.3 Å². The molecule has 4 heteroatoms. The average Bonchev–Trinajstić information content (AvgIpc) is 2.83. The fraction of sp³-hybridized carbons (Fsp3) is 0.818. The van der Waals surface area contributed by atoms with Gasteiger partial charge in [0.1, 0.15) is 5.82 Å². The van der Waals surface area contributed by atoms with Crippen molar-refractivity contribution in [2.45, 2.75) is 54.8 Å². The third-order valence-electron chi connectivity index (χ3n) is 3.39. The summed E-state index contributed by atoms with van der Waals surface area (Å²) in [5.41, 5.74) is 0. The molecule has 15 heavy (non-hydrogen) atoms. The van der Waals surface area contributed by atoms with Gasteiger partial charge in [-0.2, -0.15) is 0 Å². The van der Waals surface area contributed by atoms with Crippen molar-refractivity contribution in [1.82, 2.24) is 14.8 Å². The van der Waals surface area contributed by atoms with Crippen molar-refractivity contribution in [2.24, 2.45) is 7.05 Å². The summed E-state index contributed by atoms with van der Waals surface area (Å²) in [7, 11) is 2.12. The Morgan fingerprint density at radius 2 is 1.87 bits per heavy atom. The number of hydrogen-bond acceptors (Lipinski definition) is 3. The van der Waals surface area contributed by atoms with E-state index in [9.17, 15) is 0 Å². The van der Waals surface area contributed by atoms with E-state index in [1.54, 1.807) is 0 Å². The Morgan fingerprint density at radius 3 is 2.53 bits per heavy atom. The zero-order valence-corrected chi connectivity index (χ0v) is 9.96. The van der Waals surface area contributed by atoms with Gasteiger partial charge in [-0.15, -0.1) is 10.2 Å². The molecule has 2 saturated carbocycles. The standard InChI is InChI=1S/C11H17N3S/c1-14-10(8-6-7-8)12-13-11(14)15-9-4-2-3-5-9/h8-9H,2-7H2,1H3. The van der Waals surface area contributed by atoms with Gasteiger partial charge >= 0.3 is 0 Å². The van der Waals surface area contributed by atoms with Gasteiger partial charge in [0.15, 0.2) is 5.16 Å². The molecule has 0 spiro atoms. The van der Waals surface area contributed by atoms with Crippen LogP contribution in [0.3, 0.4) is 0 Å². The third kappa shape index (κ3) is 1.92. The predicted molar refractivity (Wildman–Crippen MR) is 61.1 cm³/mol. The molecule has 2 aliphatic rings. The van der Waals surface area contributed by atoms with Gasteiger partial charge in [-0.25, -0.2) is 0 Å². The van der Waals surface area contributed by atoms with Crippen molar-refractivity contribution in [3.8, 4) is 0 Å². The van der Waals surface area contributed by atoms with Crippen LogP contribution >= 0.6 is 11.8 Å². The number of hydrogen-bond donors (Lipinski definition) is 0. The predicted octanol–water partition coefficient (Wildman–Crippen LogP) is 2.73. The molecule has 0 amide bonds. The van der Waals surface area contributed by atoms with E-state index in [2.05, 4.69) is 21.8 Å². The van der Waals surface area contributed by atoms with Crippen molar-refractivity contribution < 1.29 is 0 Å². The minimum atomic E-state index is 0.709. The maximum Gasteiger partial charge on any atom is 0.191 e. The Morgan fingerprint density at radius 1 is 1.13 bits per heavy atom. The summed E-state index contributed by atoms with van der Waals surface area (Å²) in [6.45, 7) is 0. The van der Waals surface area contributed by atoms with Crippen LogP contribution in [-0.2, 0) is 7.05 Å². The molecule has 0 aromatic carbocycles. The molecule has 3 nitrogen and oxygen atoms in total. The lowest BCUT2D eigenvalue weighted by Crippen LogP contribution is -2.01. The van der Waals surface area contributed by atoms with Crippen LogP contribution in [0.2, 0.25) is 0 Å². The first kappa shape index (κ1) is 9.70. The van der Waals surface area contributed by atoms with Gasteiger partial charge in [-0.1, -0.05) is 24.6 Å². The molecule has 1 aromatic heterocycles. The van der Waals surface area contributed by atoms with Crippen LogP contribution in [-0.4, -0.2) is 20.0 Å². The van der Waals surface area contributed by atoms with Crippen LogP contribution in [0.25, 0.3) is 0 Å². The molecule has 0 bridgehead atoms. The second-order valence-electron chi connectivity index (χ2n) is 4.70. The quantitative estimate of drug-likeness (QED) is 0.789. The maximum absolute atomic E-state index is 4.32. The molecule has 0 radical (unpaired) electrons. The zero-order valence-electron chi connectivity index (χ0n) is 9.15. The highest BCUT2D eigenvalue weighted by molar-refractivity contribution is 7.99. The van der Waals surface area contributed by atoms with Crippen molar-refractivity contribution in [3.05, 3.63) is 5.82 Å². The molecule has 82 valence electrons. The first-order valence-corrected chi connectivity index (χ1v) is 6.78. The van der Waals surface area contributed by atoms with Crippen LogP contribution in [0.4, 0.5) is 0 Å². The lowest BCUT2D eigenvalue weighted by atomic mass is 10.4. The van der Waals surface area contributed by atoms with Gasteiger partial charge in [0.05, 0.1) is 0 Å². The molecule has 0 saturated heterocycles. The van der Waals surface area contributed by atoms with Crippen molar-refractivity contribution in [3.63, 3.8) is 0 Å². The summed E-state index contributed by atoms with van der Waals surface area (Å²) in [5, 5.41) is 10.5. The number of rotatable bonds is 3. The van der Waals surface area contributed by atoms with Gasteiger partial charge in [0.2, 0.25) is 0 Å². The van der Waals surface area contributed by atoms with E-state index < -0.39 is 0 Å². The average molecular weight is 223 g/mol. The summed E-state index contributed by atoms with van der Waals surface area (Å²) < 4.78 is 2.21. The molecular weight excluding hydrogens is 206 g/mol. The smallest absolute Gasteiger partial charge is 0.191 e. The minimum absolute atomic E-state index is 0.709. The molecule has 3 rings (SSSR count). The highest BCUT2D eigenvalue weighted by Crippen LogP contribution is 2.40. The fourth-order valence-electron chi connectivity index (χ4n) is 2.28. The topological polar surface area (TPSA) is 30.7 Å². The summed E-state index contributed by atoms with van der Waals surface area (Å²) in [4.78, 5) is 0. The van der Waals surface area contributed by atoms with Gasteiger partial charge in [0.25, 0.3) is 0 Å². The van der Waals surface area contributed by atoms with E-state index in [0.29, 0.717) is 5.92 Å². The molecule has 2 fully saturated rings. The van der Waals surface area contributed by atoms with E-state index in [1.807, 2.05) is 11.8 Å². The van der Waals surface area contributed by atoms with Gasteiger partial charge in [0, 0.05) is 18.2 Å². The largest absolute Gasteiger partial charge is 0.309 e. The maximum atomic E-state index is 4.32.